The highest BCUT2D eigenvalue weighted by Crippen LogP contribution is 2.24. The van der Waals surface area contributed by atoms with Crippen LogP contribution in [0.2, 0.25) is 5.02 Å². The van der Waals surface area contributed by atoms with Gasteiger partial charge >= 0.3 is 0 Å². The molecule has 0 saturated heterocycles. The molecule has 1 rings (SSSR count). The maximum absolute atomic E-state index is 12.0. The van der Waals surface area contributed by atoms with Gasteiger partial charge in [0.2, 0.25) is 10.0 Å². The van der Waals surface area contributed by atoms with E-state index in [0.717, 1.165) is 0 Å². The third kappa shape index (κ3) is 3.42. The van der Waals surface area contributed by atoms with Crippen LogP contribution in [-0.4, -0.2) is 19.6 Å². The molecular weight excluding hydrogens is 262 g/mol. The summed E-state index contributed by atoms with van der Waals surface area (Å²) in [5.74, 6) is 0. The summed E-state index contributed by atoms with van der Waals surface area (Å²) < 4.78 is 26.6. The number of halogens is 1. The Morgan fingerprint density at radius 1 is 1.41 bits per heavy atom. The number of benzene rings is 1. The first-order valence-corrected chi connectivity index (χ1v) is 7.06. The number of aliphatic hydroxyl groups is 1. The maximum Gasteiger partial charge on any atom is 0.241 e. The molecule has 0 spiro atoms. The first kappa shape index (κ1) is 14.4. The van der Waals surface area contributed by atoms with Crippen LogP contribution in [0, 0.1) is 6.92 Å². The van der Waals surface area contributed by atoms with Crippen LogP contribution in [-0.2, 0) is 16.6 Å². The lowest BCUT2D eigenvalue weighted by Crippen LogP contribution is -2.30. The minimum Gasteiger partial charge on any atom is -0.392 e. The zero-order valence-electron chi connectivity index (χ0n) is 9.99. The number of aliphatic hydroxyl groups excluding tert-OH is 1. The smallest absolute Gasteiger partial charge is 0.241 e. The molecule has 0 aliphatic heterocycles. The first-order valence-electron chi connectivity index (χ1n) is 5.20. The monoisotopic (exact) mass is 277 g/mol. The molecule has 0 amide bonds. The van der Waals surface area contributed by atoms with E-state index in [9.17, 15) is 8.42 Å². The van der Waals surface area contributed by atoms with E-state index in [-0.39, 0.29) is 17.5 Å². The predicted octanol–water partition coefficient (Wildman–Crippen LogP) is 1.83. The second-order valence-electron chi connectivity index (χ2n) is 4.12. The van der Waals surface area contributed by atoms with E-state index in [1.54, 1.807) is 26.8 Å². The van der Waals surface area contributed by atoms with Crippen molar-refractivity contribution in [2.75, 3.05) is 0 Å². The van der Waals surface area contributed by atoms with E-state index in [1.165, 1.54) is 6.07 Å². The molecule has 0 bridgehead atoms. The van der Waals surface area contributed by atoms with Gasteiger partial charge in [0.15, 0.2) is 0 Å². The highest BCUT2D eigenvalue weighted by atomic mass is 35.5. The van der Waals surface area contributed by atoms with Gasteiger partial charge in [-0.25, -0.2) is 13.1 Å². The molecular formula is C11H16ClNO3S. The SMILES string of the molecule is Cc1c(CO)cc(Cl)cc1S(=O)(=O)NC(C)C. The molecule has 0 radical (unpaired) electrons. The van der Waals surface area contributed by atoms with Crippen LogP contribution in [0.25, 0.3) is 0 Å². The topological polar surface area (TPSA) is 66.4 Å². The number of nitrogens with one attached hydrogen (secondary N) is 1. The van der Waals surface area contributed by atoms with Gasteiger partial charge in [-0.1, -0.05) is 11.6 Å². The van der Waals surface area contributed by atoms with Crippen LogP contribution >= 0.6 is 11.6 Å². The Hall–Kier alpha value is -0.620. The average molecular weight is 278 g/mol. The number of sulfonamides is 1. The first-order chi connectivity index (χ1) is 7.77. The van der Waals surface area contributed by atoms with Gasteiger partial charge in [-0.2, -0.15) is 0 Å². The molecule has 96 valence electrons. The minimum absolute atomic E-state index is 0.114. The molecule has 17 heavy (non-hydrogen) atoms. The molecule has 0 atom stereocenters. The summed E-state index contributed by atoms with van der Waals surface area (Å²) in [6.07, 6.45) is 0. The molecule has 0 aliphatic carbocycles. The van der Waals surface area contributed by atoms with Gasteiger partial charge in [-0.3, -0.25) is 0 Å². The van der Waals surface area contributed by atoms with E-state index >= 15 is 0 Å². The number of hydrogen-bond donors (Lipinski definition) is 2. The van der Waals surface area contributed by atoms with Crippen LogP contribution in [0.4, 0.5) is 0 Å². The summed E-state index contributed by atoms with van der Waals surface area (Å²) >= 11 is 5.84. The van der Waals surface area contributed by atoms with Crippen molar-refractivity contribution in [1.29, 1.82) is 0 Å². The second kappa shape index (κ2) is 5.35. The lowest BCUT2D eigenvalue weighted by atomic mass is 10.1. The van der Waals surface area contributed by atoms with Crippen molar-refractivity contribution in [2.24, 2.45) is 0 Å². The Bertz CT molecular complexity index is 512. The third-order valence-corrected chi connectivity index (χ3v) is 4.29. The molecule has 0 fully saturated rings. The predicted molar refractivity (Wildman–Crippen MR) is 67.6 cm³/mol. The van der Waals surface area contributed by atoms with Crippen molar-refractivity contribution in [1.82, 2.24) is 4.72 Å². The Kier molecular flexibility index (Phi) is 4.55. The largest absolute Gasteiger partial charge is 0.392 e. The molecule has 0 aliphatic rings. The molecule has 1 aromatic carbocycles. The Morgan fingerprint density at radius 2 is 2.00 bits per heavy atom. The lowest BCUT2D eigenvalue weighted by Gasteiger charge is -2.14. The van der Waals surface area contributed by atoms with Crippen LogP contribution in [0.3, 0.4) is 0 Å². The Morgan fingerprint density at radius 3 is 2.47 bits per heavy atom. The van der Waals surface area contributed by atoms with E-state index in [4.69, 9.17) is 16.7 Å². The van der Waals surface area contributed by atoms with Gasteiger partial charge in [0.25, 0.3) is 0 Å². The van der Waals surface area contributed by atoms with Crippen molar-refractivity contribution in [3.8, 4) is 0 Å². The van der Waals surface area contributed by atoms with Crippen molar-refractivity contribution < 1.29 is 13.5 Å². The van der Waals surface area contributed by atoms with E-state index in [2.05, 4.69) is 4.72 Å². The second-order valence-corrected chi connectivity index (χ2v) is 6.24. The summed E-state index contributed by atoms with van der Waals surface area (Å²) in [5.41, 5.74) is 1.03. The fraction of sp³-hybridized carbons (Fsp3) is 0.455. The number of hydrogen-bond acceptors (Lipinski definition) is 3. The van der Waals surface area contributed by atoms with Crippen LogP contribution in [0.5, 0.6) is 0 Å². The van der Waals surface area contributed by atoms with Gasteiger partial charge in [0.1, 0.15) is 0 Å². The van der Waals surface area contributed by atoms with Crippen molar-refractivity contribution in [3.63, 3.8) is 0 Å². The van der Waals surface area contributed by atoms with Crippen LogP contribution in [0.1, 0.15) is 25.0 Å². The minimum atomic E-state index is -3.59. The quantitative estimate of drug-likeness (QED) is 0.882. The van der Waals surface area contributed by atoms with Crippen molar-refractivity contribution in [2.45, 2.75) is 38.3 Å². The lowest BCUT2D eigenvalue weighted by molar-refractivity contribution is 0.280. The summed E-state index contributed by atoms with van der Waals surface area (Å²) in [5, 5.41) is 9.44. The average Bonchev–Trinajstić information content (AvgIpc) is 2.18. The fourth-order valence-corrected chi connectivity index (χ4v) is 3.39. The summed E-state index contributed by atoms with van der Waals surface area (Å²) in [6, 6.07) is 2.75. The van der Waals surface area contributed by atoms with Crippen molar-refractivity contribution >= 4 is 21.6 Å². The maximum atomic E-state index is 12.0. The van der Waals surface area contributed by atoms with Gasteiger partial charge in [-0.05, 0) is 44.0 Å². The van der Waals surface area contributed by atoms with Crippen LogP contribution in [0.15, 0.2) is 17.0 Å². The summed E-state index contributed by atoms with van der Waals surface area (Å²) in [4.78, 5) is 0.114. The molecule has 1 aromatic rings. The highest BCUT2D eigenvalue weighted by Gasteiger charge is 2.20. The summed E-state index contributed by atoms with van der Waals surface area (Å²) in [7, 11) is -3.59. The normalized spacial score (nSPS) is 12.1. The zero-order chi connectivity index (χ0) is 13.2. The Balaban J connectivity index is 3.36. The highest BCUT2D eigenvalue weighted by molar-refractivity contribution is 7.89. The molecule has 0 aromatic heterocycles. The van der Waals surface area contributed by atoms with E-state index < -0.39 is 10.0 Å². The van der Waals surface area contributed by atoms with E-state index in [1.807, 2.05) is 0 Å². The molecule has 0 saturated carbocycles. The standard InChI is InChI=1S/C11H16ClNO3S/c1-7(2)13-17(15,16)11-5-10(12)4-9(6-14)8(11)3/h4-5,7,13-14H,6H2,1-3H3. The van der Waals surface area contributed by atoms with E-state index in [0.29, 0.717) is 16.1 Å². The Labute approximate surface area is 107 Å². The third-order valence-electron chi connectivity index (χ3n) is 2.28. The van der Waals surface area contributed by atoms with Crippen molar-refractivity contribution in [3.05, 3.63) is 28.3 Å². The van der Waals surface area contributed by atoms with Gasteiger partial charge < -0.3 is 5.11 Å². The fourth-order valence-electron chi connectivity index (χ4n) is 1.53. The summed E-state index contributed by atoms with van der Waals surface area (Å²) in [6.45, 7) is 4.89. The molecule has 4 nitrogen and oxygen atoms in total. The number of rotatable bonds is 4. The van der Waals surface area contributed by atoms with Gasteiger partial charge in [-0.15, -0.1) is 0 Å². The molecule has 0 heterocycles. The molecule has 0 unspecified atom stereocenters. The molecule has 2 N–H and O–H groups in total. The molecule has 6 heteroatoms. The zero-order valence-corrected chi connectivity index (χ0v) is 11.6. The van der Waals surface area contributed by atoms with Gasteiger partial charge in [0.05, 0.1) is 11.5 Å². The van der Waals surface area contributed by atoms with Crippen LogP contribution < -0.4 is 4.72 Å². The van der Waals surface area contributed by atoms with Gasteiger partial charge in [0, 0.05) is 11.1 Å².